The number of hydrogen-bond acceptors (Lipinski definition) is 4. The van der Waals surface area contributed by atoms with Gasteiger partial charge in [0, 0.05) is 30.8 Å². The molecule has 150 valence electrons. The highest BCUT2D eigenvalue weighted by Crippen LogP contribution is 2.15. The van der Waals surface area contributed by atoms with Gasteiger partial charge in [-0.15, -0.1) is 0 Å². The highest BCUT2D eigenvalue weighted by atomic mass is 19.1. The van der Waals surface area contributed by atoms with E-state index in [1.165, 1.54) is 47.3 Å². The Bertz CT molecular complexity index is 1050. The van der Waals surface area contributed by atoms with Crippen LogP contribution in [0.15, 0.2) is 65.7 Å². The fraction of sp³-hybridized carbons (Fsp3) is 0.190. The number of nitrogens with one attached hydrogen (secondary N) is 1. The van der Waals surface area contributed by atoms with Gasteiger partial charge in [-0.1, -0.05) is 6.07 Å². The van der Waals surface area contributed by atoms with Crippen molar-refractivity contribution < 1.29 is 18.3 Å². The van der Waals surface area contributed by atoms with Crippen molar-refractivity contribution in [2.24, 2.45) is 0 Å². The molecule has 0 fully saturated rings. The largest absolute Gasteiger partial charge is 0.481 e. The standard InChI is InChI=1S/C21H19F2N3O3/c1-14(29-18-4-2-3-17(23)11-18)21(28)24-9-10-26-13-25-19(12-20(26)27)15-5-7-16(22)8-6-15/h2-8,11-14H,9-10H2,1H3,(H,24,28). The molecule has 29 heavy (non-hydrogen) atoms. The minimum Gasteiger partial charge on any atom is -0.481 e. The van der Waals surface area contributed by atoms with E-state index in [4.69, 9.17) is 4.74 Å². The number of rotatable bonds is 7. The lowest BCUT2D eigenvalue weighted by atomic mass is 10.1. The van der Waals surface area contributed by atoms with Gasteiger partial charge in [0.2, 0.25) is 0 Å². The number of carbonyl (C=O) groups excluding carboxylic acids is 1. The molecule has 3 aromatic rings. The summed E-state index contributed by atoms with van der Waals surface area (Å²) >= 11 is 0. The Morgan fingerprint density at radius 3 is 2.59 bits per heavy atom. The monoisotopic (exact) mass is 399 g/mol. The topological polar surface area (TPSA) is 73.2 Å². The molecule has 8 heteroatoms. The summed E-state index contributed by atoms with van der Waals surface area (Å²) in [6, 6.07) is 12.6. The lowest BCUT2D eigenvalue weighted by Gasteiger charge is -2.15. The van der Waals surface area contributed by atoms with Crippen LogP contribution in [0.2, 0.25) is 0 Å². The molecule has 1 amide bonds. The fourth-order valence-electron chi connectivity index (χ4n) is 2.61. The molecule has 1 N–H and O–H groups in total. The van der Waals surface area contributed by atoms with Crippen molar-refractivity contribution in [2.75, 3.05) is 6.54 Å². The summed E-state index contributed by atoms with van der Waals surface area (Å²) in [4.78, 5) is 28.6. The second kappa shape index (κ2) is 9.09. The third-order valence-corrected chi connectivity index (χ3v) is 4.15. The second-order valence-corrected chi connectivity index (χ2v) is 6.32. The first kappa shape index (κ1) is 20.2. The van der Waals surface area contributed by atoms with Crippen LogP contribution in [0.25, 0.3) is 11.3 Å². The van der Waals surface area contributed by atoms with Gasteiger partial charge in [-0.25, -0.2) is 13.8 Å². The number of nitrogens with zero attached hydrogens (tertiary/aromatic N) is 2. The Balaban J connectivity index is 1.54. The van der Waals surface area contributed by atoms with Crippen molar-refractivity contribution in [3.05, 3.63) is 82.9 Å². The van der Waals surface area contributed by atoms with Crippen molar-refractivity contribution in [3.8, 4) is 17.0 Å². The number of ether oxygens (including phenoxy) is 1. The maximum absolute atomic E-state index is 13.2. The van der Waals surface area contributed by atoms with Crippen molar-refractivity contribution in [1.29, 1.82) is 0 Å². The van der Waals surface area contributed by atoms with Gasteiger partial charge in [0.25, 0.3) is 11.5 Å². The average Bonchev–Trinajstić information content (AvgIpc) is 2.69. The first-order valence-corrected chi connectivity index (χ1v) is 8.95. The molecule has 1 atom stereocenters. The van der Waals surface area contributed by atoms with E-state index in [9.17, 15) is 18.4 Å². The van der Waals surface area contributed by atoms with Gasteiger partial charge in [0.1, 0.15) is 17.4 Å². The van der Waals surface area contributed by atoms with E-state index in [1.54, 1.807) is 25.1 Å². The molecule has 3 rings (SSSR count). The molecular weight excluding hydrogens is 380 g/mol. The van der Waals surface area contributed by atoms with Crippen LogP contribution in [-0.2, 0) is 11.3 Å². The SMILES string of the molecule is CC(Oc1cccc(F)c1)C(=O)NCCn1cnc(-c2ccc(F)cc2)cc1=O. The zero-order chi connectivity index (χ0) is 20.8. The van der Waals surface area contributed by atoms with Crippen LogP contribution in [0.3, 0.4) is 0 Å². The predicted octanol–water partition coefficient (Wildman–Crippen LogP) is 2.77. The van der Waals surface area contributed by atoms with E-state index in [0.29, 0.717) is 11.3 Å². The Morgan fingerprint density at radius 1 is 1.14 bits per heavy atom. The molecule has 6 nitrogen and oxygen atoms in total. The van der Waals surface area contributed by atoms with Crippen molar-refractivity contribution in [2.45, 2.75) is 19.6 Å². The lowest BCUT2D eigenvalue weighted by molar-refractivity contribution is -0.127. The quantitative estimate of drug-likeness (QED) is 0.663. The summed E-state index contributed by atoms with van der Waals surface area (Å²) in [5.41, 5.74) is 0.775. The Labute approximate surface area is 165 Å². The summed E-state index contributed by atoms with van der Waals surface area (Å²) in [7, 11) is 0. The molecule has 0 aliphatic heterocycles. The molecule has 0 spiro atoms. The zero-order valence-corrected chi connectivity index (χ0v) is 15.6. The van der Waals surface area contributed by atoms with E-state index in [1.807, 2.05) is 0 Å². The summed E-state index contributed by atoms with van der Waals surface area (Å²) in [6.45, 7) is 1.95. The van der Waals surface area contributed by atoms with Crippen molar-refractivity contribution in [3.63, 3.8) is 0 Å². The van der Waals surface area contributed by atoms with Gasteiger partial charge in [-0.3, -0.25) is 14.2 Å². The van der Waals surface area contributed by atoms with Crippen LogP contribution in [0, 0.1) is 11.6 Å². The maximum atomic E-state index is 13.2. The normalized spacial score (nSPS) is 11.7. The van der Waals surface area contributed by atoms with Crippen LogP contribution in [0.4, 0.5) is 8.78 Å². The minimum atomic E-state index is -0.826. The van der Waals surface area contributed by atoms with Gasteiger partial charge in [-0.05, 0) is 43.3 Å². The van der Waals surface area contributed by atoms with Gasteiger partial charge < -0.3 is 10.1 Å². The molecule has 0 aliphatic carbocycles. The van der Waals surface area contributed by atoms with E-state index < -0.39 is 17.8 Å². The third-order valence-electron chi connectivity index (χ3n) is 4.15. The summed E-state index contributed by atoms with van der Waals surface area (Å²) in [6.07, 6.45) is 0.548. The summed E-state index contributed by atoms with van der Waals surface area (Å²) in [5, 5.41) is 2.66. The molecule has 0 saturated heterocycles. The zero-order valence-electron chi connectivity index (χ0n) is 15.6. The molecule has 2 aromatic carbocycles. The first-order valence-electron chi connectivity index (χ1n) is 8.95. The number of benzene rings is 2. The fourth-order valence-corrected chi connectivity index (χ4v) is 2.61. The molecular formula is C21H19F2N3O3. The summed E-state index contributed by atoms with van der Waals surface area (Å²) < 4.78 is 32.9. The molecule has 1 heterocycles. The average molecular weight is 399 g/mol. The van der Waals surface area contributed by atoms with E-state index in [2.05, 4.69) is 10.3 Å². The maximum Gasteiger partial charge on any atom is 0.260 e. The number of carbonyl (C=O) groups is 1. The Morgan fingerprint density at radius 2 is 1.90 bits per heavy atom. The number of halogens is 2. The molecule has 1 unspecified atom stereocenters. The van der Waals surface area contributed by atoms with E-state index in [0.717, 1.165) is 0 Å². The highest BCUT2D eigenvalue weighted by Gasteiger charge is 2.14. The number of hydrogen-bond donors (Lipinski definition) is 1. The molecule has 0 bridgehead atoms. The van der Waals surface area contributed by atoms with Crippen molar-refractivity contribution in [1.82, 2.24) is 14.9 Å². The molecule has 1 aromatic heterocycles. The molecule has 0 radical (unpaired) electrons. The van der Waals surface area contributed by atoms with Gasteiger partial charge in [0.05, 0.1) is 12.0 Å². The molecule has 0 saturated carbocycles. The second-order valence-electron chi connectivity index (χ2n) is 6.32. The number of aromatic nitrogens is 2. The molecule has 0 aliphatic rings. The van der Waals surface area contributed by atoms with Crippen LogP contribution in [0.1, 0.15) is 6.92 Å². The summed E-state index contributed by atoms with van der Waals surface area (Å²) in [5.74, 6) is -0.956. The minimum absolute atomic E-state index is 0.188. The highest BCUT2D eigenvalue weighted by molar-refractivity contribution is 5.80. The van der Waals surface area contributed by atoms with Crippen molar-refractivity contribution >= 4 is 5.91 Å². The van der Waals surface area contributed by atoms with Gasteiger partial charge in [-0.2, -0.15) is 0 Å². The Hall–Kier alpha value is -3.55. The third kappa shape index (κ3) is 5.47. The van der Waals surface area contributed by atoms with Crippen LogP contribution < -0.4 is 15.6 Å². The van der Waals surface area contributed by atoms with Gasteiger partial charge >= 0.3 is 0 Å². The van der Waals surface area contributed by atoms with Crippen LogP contribution in [0.5, 0.6) is 5.75 Å². The smallest absolute Gasteiger partial charge is 0.260 e. The number of amides is 1. The lowest BCUT2D eigenvalue weighted by Crippen LogP contribution is -2.38. The van der Waals surface area contributed by atoms with Crippen LogP contribution >= 0.6 is 0 Å². The Kier molecular flexibility index (Phi) is 6.33. The van der Waals surface area contributed by atoms with E-state index >= 15 is 0 Å². The van der Waals surface area contributed by atoms with Crippen LogP contribution in [-0.4, -0.2) is 28.1 Å². The first-order chi connectivity index (χ1) is 13.9. The van der Waals surface area contributed by atoms with Gasteiger partial charge in [0.15, 0.2) is 6.10 Å². The van der Waals surface area contributed by atoms with E-state index in [-0.39, 0.29) is 30.2 Å². The predicted molar refractivity (Wildman–Crippen MR) is 103 cm³/mol.